The molecule has 0 radical (unpaired) electrons. The number of fused-ring (bicyclic) bond motifs is 1. The molecule has 6 nitrogen and oxygen atoms in total. The van der Waals surface area contributed by atoms with Crippen LogP contribution in [-0.4, -0.2) is 26.6 Å². The van der Waals surface area contributed by atoms with Crippen molar-refractivity contribution in [2.45, 2.75) is 44.6 Å². The van der Waals surface area contributed by atoms with Crippen molar-refractivity contribution in [3.63, 3.8) is 0 Å². The molecule has 106 valence electrons. The molecule has 2 heterocycles. The molecule has 0 aromatic carbocycles. The molecule has 1 fully saturated rings. The summed E-state index contributed by atoms with van der Waals surface area (Å²) < 4.78 is 6.84. The molecule has 3 rings (SSSR count). The highest BCUT2D eigenvalue weighted by Gasteiger charge is 2.19. The zero-order valence-corrected chi connectivity index (χ0v) is 11.6. The van der Waals surface area contributed by atoms with E-state index in [1.807, 2.05) is 0 Å². The van der Waals surface area contributed by atoms with Crippen LogP contribution in [0.2, 0.25) is 0 Å². The summed E-state index contributed by atoms with van der Waals surface area (Å²) >= 11 is 0. The van der Waals surface area contributed by atoms with Gasteiger partial charge in [-0.05, 0) is 12.8 Å². The maximum absolute atomic E-state index is 12.2. The molecule has 0 spiro atoms. The van der Waals surface area contributed by atoms with Gasteiger partial charge in [-0.15, -0.1) is 0 Å². The van der Waals surface area contributed by atoms with E-state index in [9.17, 15) is 4.79 Å². The fourth-order valence-corrected chi connectivity index (χ4v) is 2.88. The topological polar surface area (TPSA) is 69.9 Å². The van der Waals surface area contributed by atoms with Gasteiger partial charge in [-0.25, -0.2) is 9.97 Å². The summed E-state index contributed by atoms with van der Waals surface area (Å²) in [5.74, 6) is 0. The van der Waals surface area contributed by atoms with Crippen molar-refractivity contribution in [2.75, 3.05) is 7.11 Å². The molecule has 20 heavy (non-hydrogen) atoms. The van der Waals surface area contributed by atoms with Crippen molar-refractivity contribution in [2.24, 2.45) is 0 Å². The van der Waals surface area contributed by atoms with Crippen LogP contribution in [0, 0.1) is 0 Å². The molecule has 2 aromatic heterocycles. The number of rotatable bonds is 2. The van der Waals surface area contributed by atoms with Gasteiger partial charge in [0.15, 0.2) is 5.65 Å². The molecule has 1 aliphatic rings. The molecule has 0 aliphatic heterocycles. The highest BCUT2D eigenvalue weighted by atomic mass is 16.5. The van der Waals surface area contributed by atoms with Crippen molar-refractivity contribution < 1.29 is 4.74 Å². The molecule has 0 bridgehead atoms. The molecule has 0 amide bonds. The highest BCUT2D eigenvalue weighted by Crippen LogP contribution is 2.27. The number of aromatic nitrogens is 4. The summed E-state index contributed by atoms with van der Waals surface area (Å²) in [5, 5.41) is 0. The van der Waals surface area contributed by atoms with E-state index in [4.69, 9.17) is 4.74 Å². The average Bonchev–Trinajstić information content (AvgIpc) is 2.75. The molecule has 0 unspecified atom stereocenters. The SMILES string of the molecule is COc1ncc2ncc(=O)n(C3CCCCCC3)c2n1. The van der Waals surface area contributed by atoms with Crippen LogP contribution in [0.15, 0.2) is 17.2 Å². The van der Waals surface area contributed by atoms with Crippen molar-refractivity contribution in [1.29, 1.82) is 0 Å². The van der Waals surface area contributed by atoms with E-state index in [0.29, 0.717) is 11.2 Å². The van der Waals surface area contributed by atoms with Gasteiger partial charge in [0.1, 0.15) is 5.52 Å². The summed E-state index contributed by atoms with van der Waals surface area (Å²) in [5.41, 5.74) is 1.12. The van der Waals surface area contributed by atoms with E-state index < -0.39 is 0 Å². The van der Waals surface area contributed by atoms with Gasteiger partial charge in [-0.1, -0.05) is 25.7 Å². The number of hydrogen-bond donors (Lipinski definition) is 0. The lowest BCUT2D eigenvalue weighted by Gasteiger charge is -2.18. The lowest BCUT2D eigenvalue weighted by Crippen LogP contribution is -2.26. The molecule has 6 heteroatoms. The Labute approximate surface area is 116 Å². The smallest absolute Gasteiger partial charge is 0.318 e. The third-order valence-corrected chi connectivity index (χ3v) is 3.88. The Bertz CT molecular complexity index is 660. The lowest BCUT2D eigenvalue weighted by atomic mass is 10.1. The number of hydrogen-bond acceptors (Lipinski definition) is 5. The van der Waals surface area contributed by atoms with Gasteiger partial charge in [-0.3, -0.25) is 9.36 Å². The van der Waals surface area contributed by atoms with Crippen molar-refractivity contribution in [3.8, 4) is 6.01 Å². The maximum Gasteiger partial charge on any atom is 0.318 e. The molecule has 0 saturated heterocycles. The molecular weight excluding hydrogens is 256 g/mol. The van der Waals surface area contributed by atoms with Crippen molar-refractivity contribution in [3.05, 3.63) is 22.7 Å². The largest absolute Gasteiger partial charge is 0.467 e. The highest BCUT2D eigenvalue weighted by molar-refractivity contribution is 5.69. The van der Waals surface area contributed by atoms with Crippen LogP contribution >= 0.6 is 0 Å². The first kappa shape index (κ1) is 13.0. The Kier molecular flexibility index (Phi) is 3.62. The Morgan fingerprint density at radius 2 is 1.90 bits per heavy atom. The zero-order chi connectivity index (χ0) is 13.9. The zero-order valence-electron chi connectivity index (χ0n) is 11.6. The van der Waals surface area contributed by atoms with Crippen molar-refractivity contribution >= 4 is 11.2 Å². The Morgan fingerprint density at radius 3 is 2.60 bits per heavy atom. The van der Waals surface area contributed by atoms with Crippen LogP contribution in [0.4, 0.5) is 0 Å². The number of nitrogens with zero attached hydrogens (tertiary/aromatic N) is 4. The molecule has 2 aromatic rings. The third-order valence-electron chi connectivity index (χ3n) is 3.88. The molecule has 0 atom stereocenters. The van der Waals surface area contributed by atoms with Crippen molar-refractivity contribution in [1.82, 2.24) is 19.5 Å². The van der Waals surface area contributed by atoms with E-state index in [1.165, 1.54) is 26.1 Å². The molecule has 1 aliphatic carbocycles. The quantitative estimate of drug-likeness (QED) is 0.784. The second-order valence-corrected chi connectivity index (χ2v) is 5.18. The first-order chi connectivity index (χ1) is 9.79. The average molecular weight is 274 g/mol. The van der Waals surface area contributed by atoms with Crippen LogP contribution in [0.25, 0.3) is 11.2 Å². The minimum Gasteiger partial charge on any atom is -0.467 e. The van der Waals surface area contributed by atoms with Crippen LogP contribution in [-0.2, 0) is 0 Å². The molecule has 1 saturated carbocycles. The van der Waals surface area contributed by atoms with E-state index in [0.717, 1.165) is 25.7 Å². The monoisotopic (exact) mass is 274 g/mol. The summed E-state index contributed by atoms with van der Waals surface area (Å²) in [6.07, 6.45) is 9.80. The van der Waals surface area contributed by atoms with E-state index >= 15 is 0 Å². The van der Waals surface area contributed by atoms with E-state index in [2.05, 4.69) is 15.0 Å². The van der Waals surface area contributed by atoms with E-state index in [1.54, 1.807) is 10.8 Å². The third kappa shape index (κ3) is 2.37. The fourth-order valence-electron chi connectivity index (χ4n) is 2.88. The van der Waals surface area contributed by atoms with Gasteiger partial charge in [-0.2, -0.15) is 4.98 Å². The normalized spacial score (nSPS) is 17.1. The second-order valence-electron chi connectivity index (χ2n) is 5.18. The Hall–Kier alpha value is -1.98. The van der Waals surface area contributed by atoms with Gasteiger partial charge >= 0.3 is 6.01 Å². The number of ether oxygens (including phenoxy) is 1. The first-order valence-electron chi connectivity index (χ1n) is 7.08. The van der Waals surface area contributed by atoms with Crippen LogP contribution in [0.1, 0.15) is 44.6 Å². The minimum absolute atomic E-state index is 0.0925. The minimum atomic E-state index is -0.0925. The summed E-state index contributed by atoms with van der Waals surface area (Å²) in [6, 6.07) is 0.474. The Morgan fingerprint density at radius 1 is 1.15 bits per heavy atom. The second kappa shape index (κ2) is 5.56. The van der Waals surface area contributed by atoms with Gasteiger partial charge in [0, 0.05) is 6.04 Å². The molecular formula is C14H18N4O2. The van der Waals surface area contributed by atoms with Crippen LogP contribution in [0.3, 0.4) is 0 Å². The molecule has 0 N–H and O–H groups in total. The first-order valence-corrected chi connectivity index (χ1v) is 7.08. The fraction of sp³-hybridized carbons (Fsp3) is 0.571. The van der Waals surface area contributed by atoms with Gasteiger partial charge in [0.25, 0.3) is 5.56 Å². The van der Waals surface area contributed by atoms with E-state index in [-0.39, 0.29) is 17.6 Å². The Balaban J connectivity index is 2.15. The van der Waals surface area contributed by atoms with Gasteiger partial charge < -0.3 is 4.74 Å². The van der Waals surface area contributed by atoms with Gasteiger partial charge in [0.2, 0.25) is 0 Å². The van der Waals surface area contributed by atoms with Crippen LogP contribution in [0.5, 0.6) is 6.01 Å². The predicted molar refractivity (Wildman–Crippen MR) is 74.9 cm³/mol. The van der Waals surface area contributed by atoms with Gasteiger partial charge in [0.05, 0.1) is 19.5 Å². The summed E-state index contributed by atoms with van der Waals surface area (Å²) in [7, 11) is 1.52. The summed E-state index contributed by atoms with van der Waals surface area (Å²) in [6.45, 7) is 0. The maximum atomic E-state index is 12.2. The standard InChI is InChI=1S/C14H18N4O2/c1-20-14-16-8-11-13(17-14)18(12(19)9-15-11)10-6-4-2-3-5-7-10/h8-10H,2-7H2,1H3. The van der Waals surface area contributed by atoms with Crippen LogP contribution < -0.4 is 10.3 Å². The summed E-state index contributed by atoms with van der Waals surface area (Å²) in [4.78, 5) is 24.7. The lowest BCUT2D eigenvalue weighted by molar-refractivity contribution is 0.378. The predicted octanol–water partition coefficient (Wildman–Crippen LogP) is 2.09. The number of methoxy groups -OCH3 is 1.